The lowest BCUT2D eigenvalue weighted by molar-refractivity contribution is 0.413. The highest BCUT2D eigenvalue weighted by atomic mass is 16.5. The van der Waals surface area contributed by atoms with Crippen LogP contribution in [0.1, 0.15) is 38.8 Å². The Morgan fingerprint density at radius 2 is 1.81 bits per heavy atom. The molecular weight excluding hydrogens is 198 g/mol. The van der Waals surface area contributed by atoms with E-state index < -0.39 is 0 Å². The minimum absolute atomic E-state index is 0.452. The maximum atomic E-state index is 5.16. The van der Waals surface area contributed by atoms with Gasteiger partial charge in [0.05, 0.1) is 7.11 Å². The first kappa shape index (κ1) is 13.0. The molecule has 0 aliphatic carbocycles. The first-order valence-electron chi connectivity index (χ1n) is 6.04. The van der Waals surface area contributed by atoms with Crippen LogP contribution in [0.2, 0.25) is 0 Å². The predicted molar refractivity (Wildman–Crippen MR) is 68.9 cm³/mol. The molecule has 0 fully saturated rings. The van der Waals surface area contributed by atoms with Gasteiger partial charge in [-0.25, -0.2) is 0 Å². The first-order valence-corrected chi connectivity index (χ1v) is 6.04. The zero-order valence-electron chi connectivity index (χ0n) is 10.8. The van der Waals surface area contributed by atoms with Crippen LogP contribution in [0.25, 0.3) is 0 Å². The molecule has 1 atom stereocenters. The molecule has 0 unspecified atom stereocenters. The van der Waals surface area contributed by atoms with E-state index in [1.54, 1.807) is 7.11 Å². The fraction of sp³-hybridized carbons (Fsp3) is 0.571. The monoisotopic (exact) mass is 221 g/mol. The molecule has 0 spiro atoms. The molecule has 0 heterocycles. The molecule has 1 N–H and O–H groups in total. The van der Waals surface area contributed by atoms with Crippen LogP contribution >= 0.6 is 0 Å². The Hall–Kier alpha value is -1.02. The van der Waals surface area contributed by atoms with Gasteiger partial charge < -0.3 is 10.1 Å². The summed E-state index contributed by atoms with van der Waals surface area (Å²) in [5.41, 5.74) is 1.34. The Balaban J connectivity index is 2.63. The van der Waals surface area contributed by atoms with Crippen molar-refractivity contribution in [2.75, 3.05) is 13.7 Å². The van der Waals surface area contributed by atoms with E-state index >= 15 is 0 Å². The lowest BCUT2D eigenvalue weighted by Crippen LogP contribution is -2.24. The molecule has 1 aromatic carbocycles. The highest BCUT2D eigenvalue weighted by Crippen LogP contribution is 2.20. The molecule has 0 saturated carbocycles. The number of methoxy groups -OCH3 is 1. The Bertz CT molecular complexity index is 292. The second-order valence-corrected chi connectivity index (χ2v) is 4.54. The van der Waals surface area contributed by atoms with Gasteiger partial charge >= 0.3 is 0 Å². The summed E-state index contributed by atoms with van der Waals surface area (Å²) in [5, 5.41) is 3.58. The maximum Gasteiger partial charge on any atom is 0.118 e. The first-order chi connectivity index (χ1) is 7.67. The van der Waals surface area contributed by atoms with E-state index in [0.717, 1.165) is 18.7 Å². The third-order valence-corrected chi connectivity index (χ3v) is 2.70. The molecule has 1 rings (SSSR count). The molecule has 16 heavy (non-hydrogen) atoms. The van der Waals surface area contributed by atoms with Crippen molar-refractivity contribution in [3.63, 3.8) is 0 Å². The molecule has 2 heteroatoms. The van der Waals surface area contributed by atoms with Crippen molar-refractivity contribution in [2.24, 2.45) is 5.92 Å². The number of benzene rings is 1. The van der Waals surface area contributed by atoms with E-state index in [4.69, 9.17) is 4.74 Å². The van der Waals surface area contributed by atoms with E-state index in [1.807, 2.05) is 12.1 Å². The van der Waals surface area contributed by atoms with Crippen molar-refractivity contribution >= 4 is 0 Å². The fourth-order valence-corrected chi connectivity index (χ4v) is 1.71. The average Bonchev–Trinajstić information content (AvgIpc) is 2.30. The third-order valence-electron chi connectivity index (χ3n) is 2.70. The van der Waals surface area contributed by atoms with Gasteiger partial charge in [-0.1, -0.05) is 32.9 Å². The molecule has 0 aromatic heterocycles. The second-order valence-electron chi connectivity index (χ2n) is 4.54. The summed E-state index contributed by atoms with van der Waals surface area (Å²) in [6, 6.07) is 8.78. The second kappa shape index (κ2) is 6.54. The van der Waals surface area contributed by atoms with Crippen LogP contribution in [0.5, 0.6) is 5.75 Å². The van der Waals surface area contributed by atoms with Crippen molar-refractivity contribution in [3.8, 4) is 5.75 Å². The van der Waals surface area contributed by atoms with Crippen LogP contribution in [0, 0.1) is 5.92 Å². The molecule has 0 radical (unpaired) electrons. The van der Waals surface area contributed by atoms with E-state index in [0.29, 0.717) is 12.0 Å². The van der Waals surface area contributed by atoms with Crippen LogP contribution in [0.15, 0.2) is 24.3 Å². The highest BCUT2D eigenvalue weighted by molar-refractivity contribution is 5.29. The largest absolute Gasteiger partial charge is 0.497 e. The highest BCUT2D eigenvalue weighted by Gasteiger charge is 2.08. The van der Waals surface area contributed by atoms with Crippen LogP contribution in [-0.2, 0) is 0 Å². The zero-order chi connectivity index (χ0) is 12.0. The van der Waals surface area contributed by atoms with E-state index in [9.17, 15) is 0 Å². The van der Waals surface area contributed by atoms with Gasteiger partial charge in [-0.2, -0.15) is 0 Å². The van der Waals surface area contributed by atoms with Crippen molar-refractivity contribution in [3.05, 3.63) is 29.8 Å². The van der Waals surface area contributed by atoms with E-state index in [2.05, 4.69) is 38.2 Å². The van der Waals surface area contributed by atoms with Crippen molar-refractivity contribution in [2.45, 2.75) is 33.2 Å². The van der Waals surface area contributed by atoms with Gasteiger partial charge in [0.1, 0.15) is 5.75 Å². The summed E-state index contributed by atoms with van der Waals surface area (Å²) in [4.78, 5) is 0. The summed E-state index contributed by atoms with van der Waals surface area (Å²) in [7, 11) is 1.70. The minimum atomic E-state index is 0.452. The zero-order valence-corrected chi connectivity index (χ0v) is 10.8. The van der Waals surface area contributed by atoms with Crippen LogP contribution < -0.4 is 10.1 Å². The Morgan fingerprint density at radius 1 is 1.19 bits per heavy atom. The normalized spacial score (nSPS) is 12.8. The molecule has 0 aliphatic rings. The third kappa shape index (κ3) is 3.86. The Kier molecular flexibility index (Phi) is 5.33. The summed E-state index contributed by atoms with van der Waals surface area (Å²) in [6.45, 7) is 7.73. The molecule has 0 bridgehead atoms. The maximum absolute atomic E-state index is 5.16. The summed E-state index contributed by atoms with van der Waals surface area (Å²) >= 11 is 0. The SMILES string of the molecule is CC[C@H](NCC(C)C)c1ccc(OC)cc1. The quantitative estimate of drug-likeness (QED) is 0.795. The summed E-state index contributed by atoms with van der Waals surface area (Å²) < 4.78 is 5.16. The molecule has 0 saturated heterocycles. The van der Waals surface area contributed by atoms with Crippen molar-refractivity contribution < 1.29 is 4.74 Å². The molecule has 0 amide bonds. The van der Waals surface area contributed by atoms with Crippen molar-refractivity contribution in [1.29, 1.82) is 0 Å². The predicted octanol–water partition coefficient (Wildman–Crippen LogP) is 3.39. The standard InChI is InChI=1S/C14H23NO/c1-5-14(15-10-11(2)3)12-6-8-13(16-4)9-7-12/h6-9,11,14-15H,5,10H2,1-4H3/t14-/m0/s1. The number of ether oxygens (including phenoxy) is 1. The van der Waals surface area contributed by atoms with Gasteiger partial charge in [-0.05, 0) is 36.6 Å². The van der Waals surface area contributed by atoms with E-state index in [1.165, 1.54) is 5.56 Å². The topological polar surface area (TPSA) is 21.3 Å². The minimum Gasteiger partial charge on any atom is -0.497 e. The molecule has 90 valence electrons. The number of hydrogen-bond acceptors (Lipinski definition) is 2. The fourth-order valence-electron chi connectivity index (χ4n) is 1.71. The summed E-state index contributed by atoms with van der Waals surface area (Å²) in [6.07, 6.45) is 1.11. The number of rotatable bonds is 6. The lowest BCUT2D eigenvalue weighted by atomic mass is 10.0. The molecular formula is C14H23NO. The van der Waals surface area contributed by atoms with Crippen molar-refractivity contribution in [1.82, 2.24) is 5.32 Å². The van der Waals surface area contributed by atoms with Crippen LogP contribution in [0.4, 0.5) is 0 Å². The van der Waals surface area contributed by atoms with Gasteiger partial charge in [0.2, 0.25) is 0 Å². The van der Waals surface area contributed by atoms with E-state index in [-0.39, 0.29) is 0 Å². The molecule has 0 aliphatic heterocycles. The molecule has 2 nitrogen and oxygen atoms in total. The van der Waals surface area contributed by atoms with Crippen LogP contribution in [-0.4, -0.2) is 13.7 Å². The van der Waals surface area contributed by atoms with Gasteiger partial charge in [0.15, 0.2) is 0 Å². The molecule has 1 aromatic rings. The Morgan fingerprint density at radius 3 is 2.25 bits per heavy atom. The van der Waals surface area contributed by atoms with Gasteiger partial charge in [0.25, 0.3) is 0 Å². The Labute approximate surface area is 99.0 Å². The van der Waals surface area contributed by atoms with Gasteiger partial charge in [0, 0.05) is 6.04 Å². The van der Waals surface area contributed by atoms with Gasteiger partial charge in [-0.15, -0.1) is 0 Å². The average molecular weight is 221 g/mol. The number of nitrogens with one attached hydrogen (secondary N) is 1. The number of hydrogen-bond donors (Lipinski definition) is 1. The smallest absolute Gasteiger partial charge is 0.118 e. The lowest BCUT2D eigenvalue weighted by Gasteiger charge is -2.19. The van der Waals surface area contributed by atoms with Crippen LogP contribution in [0.3, 0.4) is 0 Å². The summed E-state index contributed by atoms with van der Waals surface area (Å²) in [5.74, 6) is 1.61. The van der Waals surface area contributed by atoms with Gasteiger partial charge in [-0.3, -0.25) is 0 Å².